The lowest BCUT2D eigenvalue weighted by atomic mass is 10.0. The number of aryl methyl sites for hydroxylation is 3. The van der Waals surface area contributed by atoms with E-state index in [1.807, 2.05) is 32.9 Å². The van der Waals surface area contributed by atoms with Crippen molar-refractivity contribution in [3.8, 4) is 16.9 Å². The first-order valence-electron chi connectivity index (χ1n) is 9.27. The molecule has 5 nitrogen and oxygen atoms in total. The minimum atomic E-state index is -0.580. The number of halogens is 1. The van der Waals surface area contributed by atoms with Gasteiger partial charge >= 0.3 is 5.97 Å². The van der Waals surface area contributed by atoms with Gasteiger partial charge in [0.15, 0.2) is 6.61 Å². The summed E-state index contributed by atoms with van der Waals surface area (Å²) in [5, 5.41) is 3.11. The molecule has 1 heterocycles. The van der Waals surface area contributed by atoms with Crippen molar-refractivity contribution in [3.63, 3.8) is 0 Å². The first-order valence-corrected chi connectivity index (χ1v) is 10.1. The molecule has 0 aliphatic rings. The SMILES string of the molecule is COC(=O)c1c(NC(=O)COc2ccc(C)c(C)c2)sc(C)c1-c1ccc(F)cc1. The molecule has 0 bridgehead atoms. The second-order valence-corrected chi connectivity index (χ2v) is 8.04. The second-order valence-electron chi connectivity index (χ2n) is 6.82. The fraction of sp³-hybridized carbons (Fsp3) is 0.217. The van der Waals surface area contributed by atoms with Gasteiger partial charge in [-0.1, -0.05) is 18.2 Å². The van der Waals surface area contributed by atoms with Crippen LogP contribution in [0.2, 0.25) is 0 Å². The van der Waals surface area contributed by atoms with Gasteiger partial charge in [-0.25, -0.2) is 9.18 Å². The fourth-order valence-electron chi connectivity index (χ4n) is 3.01. The Morgan fingerprint density at radius 3 is 2.37 bits per heavy atom. The summed E-state index contributed by atoms with van der Waals surface area (Å²) in [7, 11) is 1.28. The van der Waals surface area contributed by atoms with Crippen molar-refractivity contribution in [1.82, 2.24) is 0 Å². The molecule has 1 N–H and O–H groups in total. The van der Waals surface area contributed by atoms with Crippen LogP contribution in [0.3, 0.4) is 0 Å². The highest BCUT2D eigenvalue weighted by Crippen LogP contribution is 2.40. The summed E-state index contributed by atoms with van der Waals surface area (Å²) in [6.45, 7) is 5.59. The topological polar surface area (TPSA) is 64.6 Å². The van der Waals surface area contributed by atoms with E-state index in [1.165, 1.54) is 30.6 Å². The van der Waals surface area contributed by atoms with Crippen molar-refractivity contribution in [1.29, 1.82) is 0 Å². The summed E-state index contributed by atoms with van der Waals surface area (Å²) in [5.74, 6) is -0.756. The predicted octanol–water partition coefficient (Wildman–Crippen LogP) is 5.28. The molecule has 0 saturated heterocycles. The van der Waals surface area contributed by atoms with Crippen molar-refractivity contribution in [3.05, 3.63) is 69.8 Å². The molecule has 0 unspecified atom stereocenters. The largest absolute Gasteiger partial charge is 0.484 e. The first-order chi connectivity index (χ1) is 14.3. The summed E-state index contributed by atoms with van der Waals surface area (Å²) in [4.78, 5) is 25.7. The number of carbonyl (C=O) groups is 2. The molecule has 156 valence electrons. The van der Waals surface area contributed by atoms with Crippen LogP contribution in [0.5, 0.6) is 5.75 Å². The lowest BCUT2D eigenvalue weighted by Crippen LogP contribution is -2.21. The smallest absolute Gasteiger partial charge is 0.341 e. The molecule has 0 radical (unpaired) electrons. The van der Waals surface area contributed by atoms with Gasteiger partial charge in [0.2, 0.25) is 0 Å². The maximum absolute atomic E-state index is 13.3. The zero-order chi connectivity index (χ0) is 21.8. The Labute approximate surface area is 178 Å². The molecule has 0 atom stereocenters. The molecule has 7 heteroatoms. The molecule has 0 spiro atoms. The molecule has 1 amide bonds. The molecule has 2 aromatic carbocycles. The Kier molecular flexibility index (Phi) is 6.52. The van der Waals surface area contributed by atoms with Gasteiger partial charge in [-0.15, -0.1) is 11.3 Å². The van der Waals surface area contributed by atoms with Crippen LogP contribution in [0.15, 0.2) is 42.5 Å². The lowest BCUT2D eigenvalue weighted by Gasteiger charge is -2.10. The Balaban J connectivity index is 1.83. The molecule has 1 aromatic heterocycles. The first kappa shape index (κ1) is 21.5. The number of hydrogen-bond acceptors (Lipinski definition) is 5. The van der Waals surface area contributed by atoms with Crippen molar-refractivity contribution >= 4 is 28.2 Å². The quantitative estimate of drug-likeness (QED) is 0.544. The molecule has 0 aliphatic heterocycles. The van der Waals surface area contributed by atoms with Gasteiger partial charge in [-0.3, -0.25) is 4.79 Å². The van der Waals surface area contributed by atoms with E-state index >= 15 is 0 Å². The van der Waals surface area contributed by atoms with Crippen LogP contribution >= 0.6 is 11.3 Å². The van der Waals surface area contributed by atoms with Gasteiger partial charge in [0.25, 0.3) is 5.91 Å². The number of anilines is 1. The van der Waals surface area contributed by atoms with Crippen LogP contribution in [-0.2, 0) is 9.53 Å². The minimum Gasteiger partial charge on any atom is -0.484 e. The number of esters is 1. The third-order valence-corrected chi connectivity index (χ3v) is 5.73. The van der Waals surface area contributed by atoms with Crippen LogP contribution < -0.4 is 10.1 Å². The molecular formula is C23H22FNO4S. The maximum atomic E-state index is 13.3. The van der Waals surface area contributed by atoms with E-state index in [0.717, 1.165) is 16.0 Å². The maximum Gasteiger partial charge on any atom is 0.341 e. The Bertz CT molecular complexity index is 1090. The summed E-state index contributed by atoms with van der Waals surface area (Å²) in [6.07, 6.45) is 0. The zero-order valence-corrected chi connectivity index (χ0v) is 18.0. The zero-order valence-electron chi connectivity index (χ0n) is 17.2. The van der Waals surface area contributed by atoms with Gasteiger partial charge in [0, 0.05) is 10.4 Å². The number of thiophene rings is 1. The Hall–Kier alpha value is -3.19. The normalized spacial score (nSPS) is 10.6. The number of nitrogens with one attached hydrogen (secondary N) is 1. The van der Waals surface area contributed by atoms with Gasteiger partial charge in [-0.2, -0.15) is 0 Å². The summed E-state index contributed by atoms with van der Waals surface area (Å²) in [5.41, 5.74) is 3.72. The molecular weight excluding hydrogens is 405 g/mol. The molecule has 3 aromatic rings. The van der Waals surface area contributed by atoms with E-state index in [1.54, 1.807) is 18.2 Å². The van der Waals surface area contributed by atoms with Crippen LogP contribution in [0, 0.1) is 26.6 Å². The predicted molar refractivity (Wildman–Crippen MR) is 116 cm³/mol. The highest BCUT2D eigenvalue weighted by atomic mass is 32.1. The molecule has 0 aliphatic carbocycles. The molecule has 0 saturated carbocycles. The van der Waals surface area contributed by atoms with Crippen LogP contribution in [0.25, 0.3) is 11.1 Å². The highest BCUT2D eigenvalue weighted by molar-refractivity contribution is 7.17. The van der Waals surface area contributed by atoms with Crippen molar-refractivity contribution < 1.29 is 23.5 Å². The molecule has 0 fully saturated rings. The summed E-state index contributed by atoms with van der Waals surface area (Å²) >= 11 is 1.26. The summed E-state index contributed by atoms with van der Waals surface area (Å²) in [6, 6.07) is 11.4. The number of methoxy groups -OCH3 is 1. The van der Waals surface area contributed by atoms with Gasteiger partial charge in [-0.05, 0) is 61.7 Å². The van der Waals surface area contributed by atoms with E-state index in [9.17, 15) is 14.0 Å². The van der Waals surface area contributed by atoms with Crippen LogP contribution in [0.4, 0.5) is 9.39 Å². The number of benzene rings is 2. The average Bonchev–Trinajstić information content (AvgIpc) is 3.04. The lowest BCUT2D eigenvalue weighted by molar-refractivity contribution is -0.118. The van der Waals surface area contributed by atoms with E-state index < -0.39 is 11.9 Å². The number of carbonyl (C=O) groups excluding carboxylic acids is 2. The standard InChI is InChI=1S/C23H22FNO4S/c1-13-5-10-18(11-14(13)2)29-12-19(26)25-22-21(23(27)28-4)20(15(3)30-22)16-6-8-17(24)9-7-16/h5-11H,12H2,1-4H3,(H,25,26). The van der Waals surface area contributed by atoms with Crippen LogP contribution in [0.1, 0.15) is 26.4 Å². The number of hydrogen-bond donors (Lipinski definition) is 1. The summed E-state index contributed by atoms with van der Waals surface area (Å²) < 4.78 is 23.8. The third-order valence-electron chi connectivity index (χ3n) is 4.71. The monoisotopic (exact) mass is 427 g/mol. The molecule has 30 heavy (non-hydrogen) atoms. The Morgan fingerprint density at radius 2 is 1.73 bits per heavy atom. The molecule has 3 rings (SSSR count). The van der Waals surface area contributed by atoms with E-state index in [-0.39, 0.29) is 18.0 Å². The van der Waals surface area contributed by atoms with E-state index in [4.69, 9.17) is 9.47 Å². The number of amides is 1. The van der Waals surface area contributed by atoms with E-state index in [0.29, 0.717) is 21.9 Å². The highest BCUT2D eigenvalue weighted by Gasteiger charge is 2.25. The third kappa shape index (κ3) is 4.68. The van der Waals surface area contributed by atoms with Crippen molar-refractivity contribution in [2.24, 2.45) is 0 Å². The van der Waals surface area contributed by atoms with Crippen LogP contribution in [-0.4, -0.2) is 25.6 Å². The van der Waals surface area contributed by atoms with Gasteiger partial charge < -0.3 is 14.8 Å². The van der Waals surface area contributed by atoms with Gasteiger partial charge in [0.1, 0.15) is 22.1 Å². The fourth-order valence-corrected chi connectivity index (χ4v) is 4.09. The number of rotatable bonds is 6. The average molecular weight is 427 g/mol. The minimum absolute atomic E-state index is 0.202. The second kappa shape index (κ2) is 9.09. The van der Waals surface area contributed by atoms with E-state index in [2.05, 4.69) is 5.32 Å². The van der Waals surface area contributed by atoms with Crippen molar-refractivity contribution in [2.45, 2.75) is 20.8 Å². The number of ether oxygens (including phenoxy) is 2. The van der Waals surface area contributed by atoms with Gasteiger partial charge in [0.05, 0.1) is 7.11 Å². The Morgan fingerprint density at radius 1 is 1.03 bits per heavy atom. The van der Waals surface area contributed by atoms with Crippen molar-refractivity contribution in [2.75, 3.05) is 19.0 Å².